The molecule has 0 heterocycles. The smallest absolute Gasteiger partial charge is 0.163 e. The number of nitrogens with one attached hydrogen (secondary N) is 1. The molecule has 21 heavy (non-hydrogen) atoms. The molecule has 0 aliphatic heterocycles. The summed E-state index contributed by atoms with van der Waals surface area (Å²) < 4.78 is 11.5. The maximum absolute atomic E-state index is 6.39. The Morgan fingerprint density at radius 1 is 1.24 bits per heavy atom. The number of benzene rings is 1. The molecule has 118 valence electrons. The Hall–Kier alpha value is -0.930. The lowest BCUT2D eigenvalue weighted by Crippen LogP contribution is -2.25. The summed E-state index contributed by atoms with van der Waals surface area (Å²) in [5, 5.41) is 4.32. The van der Waals surface area contributed by atoms with Crippen molar-refractivity contribution in [3.05, 3.63) is 22.7 Å². The SMILES string of the molecule is CCOc1cc(CNC2CCCC2)c(Cl)cc1OC(C)C. The number of halogens is 1. The standard InChI is InChI=1S/C17H26ClNO2/c1-4-20-16-9-13(11-19-14-7-5-6-8-14)15(18)10-17(16)21-12(2)3/h9-10,12,14,19H,4-8,11H2,1-3H3. The second kappa shape index (κ2) is 7.90. The normalized spacial score (nSPS) is 15.7. The Morgan fingerprint density at radius 2 is 1.95 bits per heavy atom. The van der Waals surface area contributed by atoms with Gasteiger partial charge in [-0.15, -0.1) is 0 Å². The van der Waals surface area contributed by atoms with Gasteiger partial charge < -0.3 is 14.8 Å². The molecule has 1 N–H and O–H groups in total. The van der Waals surface area contributed by atoms with Crippen molar-refractivity contribution in [3.8, 4) is 11.5 Å². The van der Waals surface area contributed by atoms with E-state index in [1.807, 2.05) is 32.9 Å². The Balaban J connectivity index is 2.10. The summed E-state index contributed by atoms with van der Waals surface area (Å²) in [5.41, 5.74) is 1.07. The van der Waals surface area contributed by atoms with Crippen LogP contribution in [-0.2, 0) is 6.54 Å². The van der Waals surface area contributed by atoms with E-state index >= 15 is 0 Å². The van der Waals surface area contributed by atoms with E-state index in [1.165, 1.54) is 25.7 Å². The van der Waals surface area contributed by atoms with Gasteiger partial charge in [0.05, 0.1) is 12.7 Å². The van der Waals surface area contributed by atoms with Crippen LogP contribution >= 0.6 is 11.6 Å². The van der Waals surface area contributed by atoms with Crippen LogP contribution in [0.4, 0.5) is 0 Å². The average molecular weight is 312 g/mol. The summed E-state index contributed by atoms with van der Waals surface area (Å²) in [7, 11) is 0. The van der Waals surface area contributed by atoms with E-state index in [2.05, 4.69) is 5.32 Å². The highest BCUT2D eigenvalue weighted by molar-refractivity contribution is 6.31. The van der Waals surface area contributed by atoms with Crippen LogP contribution < -0.4 is 14.8 Å². The summed E-state index contributed by atoms with van der Waals surface area (Å²) >= 11 is 6.39. The lowest BCUT2D eigenvalue weighted by atomic mass is 10.1. The molecular weight excluding hydrogens is 286 g/mol. The summed E-state index contributed by atoms with van der Waals surface area (Å²) in [6.45, 7) is 7.37. The van der Waals surface area contributed by atoms with Gasteiger partial charge in [0, 0.05) is 23.7 Å². The molecule has 1 aromatic rings. The summed E-state index contributed by atoms with van der Waals surface area (Å²) in [4.78, 5) is 0. The number of hydrogen-bond acceptors (Lipinski definition) is 3. The topological polar surface area (TPSA) is 30.5 Å². The molecule has 0 atom stereocenters. The van der Waals surface area contributed by atoms with Crippen molar-refractivity contribution in [3.63, 3.8) is 0 Å². The first-order chi connectivity index (χ1) is 10.1. The monoisotopic (exact) mass is 311 g/mol. The van der Waals surface area contributed by atoms with Gasteiger partial charge in [0.15, 0.2) is 11.5 Å². The Labute approximate surface area is 133 Å². The maximum Gasteiger partial charge on any atom is 0.163 e. The second-order valence-corrected chi connectivity index (χ2v) is 6.26. The lowest BCUT2D eigenvalue weighted by molar-refractivity contribution is 0.223. The minimum Gasteiger partial charge on any atom is -0.490 e. The van der Waals surface area contributed by atoms with Gasteiger partial charge in [0.1, 0.15) is 0 Å². The molecule has 0 spiro atoms. The largest absolute Gasteiger partial charge is 0.490 e. The molecule has 4 heteroatoms. The predicted octanol–water partition coefficient (Wildman–Crippen LogP) is 4.56. The van der Waals surface area contributed by atoms with Crippen molar-refractivity contribution in [1.29, 1.82) is 0 Å². The molecule has 1 aliphatic rings. The Bertz CT molecular complexity index is 456. The summed E-state index contributed by atoms with van der Waals surface area (Å²) in [5.74, 6) is 1.50. The van der Waals surface area contributed by atoms with E-state index in [0.717, 1.165) is 28.6 Å². The first-order valence-electron chi connectivity index (χ1n) is 7.95. The van der Waals surface area contributed by atoms with Crippen LogP contribution in [0.2, 0.25) is 5.02 Å². The van der Waals surface area contributed by atoms with Crippen LogP contribution in [0, 0.1) is 0 Å². The zero-order valence-electron chi connectivity index (χ0n) is 13.2. The highest BCUT2D eigenvalue weighted by atomic mass is 35.5. The number of hydrogen-bond donors (Lipinski definition) is 1. The quantitative estimate of drug-likeness (QED) is 0.801. The van der Waals surface area contributed by atoms with Crippen LogP contribution in [0.15, 0.2) is 12.1 Å². The van der Waals surface area contributed by atoms with Crippen molar-refractivity contribution in [2.75, 3.05) is 6.61 Å². The van der Waals surface area contributed by atoms with Crippen LogP contribution in [0.5, 0.6) is 11.5 Å². The highest BCUT2D eigenvalue weighted by Gasteiger charge is 2.16. The Morgan fingerprint density at radius 3 is 2.57 bits per heavy atom. The molecule has 1 aromatic carbocycles. The predicted molar refractivity (Wildman–Crippen MR) is 87.5 cm³/mol. The molecular formula is C17H26ClNO2. The zero-order valence-corrected chi connectivity index (χ0v) is 14.0. The molecule has 3 nitrogen and oxygen atoms in total. The molecule has 2 rings (SSSR count). The Kier molecular flexibility index (Phi) is 6.19. The number of rotatable bonds is 7. The fourth-order valence-corrected chi connectivity index (χ4v) is 2.93. The maximum atomic E-state index is 6.39. The van der Waals surface area contributed by atoms with E-state index in [9.17, 15) is 0 Å². The number of ether oxygens (including phenoxy) is 2. The van der Waals surface area contributed by atoms with Gasteiger partial charge in [-0.25, -0.2) is 0 Å². The molecule has 1 aliphatic carbocycles. The van der Waals surface area contributed by atoms with E-state index in [1.54, 1.807) is 0 Å². The van der Waals surface area contributed by atoms with Crippen molar-refractivity contribution in [2.24, 2.45) is 0 Å². The fourth-order valence-electron chi connectivity index (χ4n) is 2.71. The van der Waals surface area contributed by atoms with E-state index in [-0.39, 0.29) is 6.10 Å². The van der Waals surface area contributed by atoms with Crippen molar-refractivity contribution >= 4 is 11.6 Å². The third kappa shape index (κ3) is 4.79. The third-order valence-corrected chi connectivity index (χ3v) is 4.06. The molecule has 0 saturated heterocycles. The van der Waals surface area contributed by atoms with Crippen LogP contribution in [-0.4, -0.2) is 18.8 Å². The lowest BCUT2D eigenvalue weighted by Gasteiger charge is -2.18. The second-order valence-electron chi connectivity index (χ2n) is 5.85. The van der Waals surface area contributed by atoms with Gasteiger partial charge >= 0.3 is 0 Å². The van der Waals surface area contributed by atoms with E-state index in [4.69, 9.17) is 21.1 Å². The van der Waals surface area contributed by atoms with Crippen molar-refractivity contribution in [1.82, 2.24) is 5.32 Å². The molecule has 0 unspecified atom stereocenters. The van der Waals surface area contributed by atoms with E-state index < -0.39 is 0 Å². The van der Waals surface area contributed by atoms with Crippen molar-refractivity contribution < 1.29 is 9.47 Å². The molecule has 1 saturated carbocycles. The van der Waals surface area contributed by atoms with Gasteiger partial charge in [0.2, 0.25) is 0 Å². The minimum absolute atomic E-state index is 0.0998. The molecule has 0 radical (unpaired) electrons. The van der Waals surface area contributed by atoms with Crippen LogP contribution in [0.3, 0.4) is 0 Å². The first-order valence-corrected chi connectivity index (χ1v) is 8.33. The van der Waals surface area contributed by atoms with Crippen LogP contribution in [0.25, 0.3) is 0 Å². The molecule has 0 bridgehead atoms. The highest BCUT2D eigenvalue weighted by Crippen LogP contribution is 2.34. The summed E-state index contributed by atoms with van der Waals surface area (Å²) in [6.07, 6.45) is 5.30. The van der Waals surface area contributed by atoms with Crippen LogP contribution in [0.1, 0.15) is 52.0 Å². The summed E-state index contributed by atoms with van der Waals surface area (Å²) in [6, 6.07) is 4.51. The van der Waals surface area contributed by atoms with Gasteiger partial charge in [-0.05, 0) is 45.2 Å². The van der Waals surface area contributed by atoms with Gasteiger partial charge in [0.25, 0.3) is 0 Å². The average Bonchev–Trinajstić information content (AvgIpc) is 2.93. The zero-order chi connectivity index (χ0) is 15.2. The minimum atomic E-state index is 0.0998. The molecule has 1 fully saturated rings. The fraction of sp³-hybridized carbons (Fsp3) is 0.647. The van der Waals surface area contributed by atoms with Crippen molar-refractivity contribution in [2.45, 2.75) is 65.1 Å². The van der Waals surface area contributed by atoms with Gasteiger partial charge in [-0.1, -0.05) is 24.4 Å². The van der Waals surface area contributed by atoms with Gasteiger partial charge in [-0.2, -0.15) is 0 Å². The van der Waals surface area contributed by atoms with Gasteiger partial charge in [-0.3, -0.25) is 0 Å². The van der Waals surface area contributed by atoms with E-state index in [0.29, 0.717) is 12.6 Å². The molecule has 0 amide bonds. The first kappa shape index (κ1) is 16.4. The third-order valence-electron chi connectivity index (χ3n) is 3.71. The molecule has 0 aromatic heterocycles.